The summed E-state index contributed by atoms with van der Waals surface area (Å²) in [7, 11) is 0. The summed E-state index contributed by atoms with van der Waals surface area (Å²) in [5.74, 6) is -0.165. The van der Waals surface area contributed by atoms with Crippen molar-refractivity contribution in [2.45, 2.75) is 6.61 Å². The average Bonchev–Trinajstić information content (AvgIpc) is 1.96. The van der Waals surface area contributed by atoms with Crippen molar-refractivity contribution in [2.75, 3.05) is 0 Å². The lowest BCUT2D eigenvalue weighted by Gasteiger charge is -2.03. The van der Waals surface area contributed by atoms with E-state index in [2.05, 4.69) is 25.7 Å². The van der Waals surface area contributed by atoms with E-state index >= 15 is 0 Å². The fraction of sp³-hybridized carbons (Fsp3) is 0.167. The number of halogens is 4. The predicted molar refractivity (Wildman–Crippen MR) is 43.6 cm³/mol. The minimum atomic E-state index is -2.87. The van der Waals surface area contributed by atoms with Gasteiger partial charge in [0.25, 0.3) is 0 Å². The van der Waals surface area contributed by atoms with Gasteiger partial charge in [-0.05, 0) is 22.0 Å². The molecule has 66 valence electrons. The Bertz CT molecular complexity index is 284. The summed E-state index contributed by atoms with van der Waals surface area (Å²) in [5.41, 5.74) is 0. The van der Waals surface area contributed by atoms with Crippen LogP contribution < -0.4 is 4.74 Å². The summed E-state index contributed by atoms with van der Waals surface area (Å²) in [5, 5.41) is 0.344. The molecular formula is C6H3BrClF2NO. The third kappa shape index (κ3) is 2.57. The molecule has 0 radical (unpaired) electrons. The van der Waals surface area contributed by atoms with Gasteiger partial charge in [-0.1, -0.05) is 11.6 Å². The van der Waals surface area contributed by atoms with Crippen molar-refractivity contribution in [1.82, 2.24) is 4.98 Å². The number of ether oxygens (including phenoxy) is 1. The van der Waals surface area contributed by atoms with E-state index in [-0.39, 0.29) is 10.5 Å². The predicted octanol–water partition coefficient (Wildman–Crippen LogP) is 3.10. The summed E-state index contributed by atoms with van der Waals surface area (Å²) < 4.78 is 27.6. The van der Waals surface area contributed by atoms with Crippen molar-refractivity contribution in [3.63, 3.8) is 0 Å². The molecule has 0 aliphatic heterocycles. The number of alkyl halides is 2. The first-order chi connectivity index (χ1) is 5.59. The fourth-order valence-corrected chi connectivity index (χ4v) is 0.970. The lowest BCUT2D eigenvalue weighted by Crippen LogP contribution is -2.03. The van der Waals surface area contributed by atoms with E-state index in [4.69, 9.17) is 11.6 Å². The van der Waals surface area contributed by atoms with E-state index in [0.29, 0.717) is 5.02 Å². The highest BCUT2D eigenvalue weighted by atomic mass is 79.9. The maximum atomic E-state index is 11.6. The van der Waals surface area contributed by atoms with Gasteiger partial charge >= 0.3 is 6.61 Å². The van der Waals surface area contributed by atoms with Gasteiger partial charge in [0.05, 0.1) is 5.02 Å². The molecule has 0 aliphatic rings. The Morgan fingerprint density at radius 3 is 2.67 bits per heavy atom. The number of hydrogen-bond acceptors (Lipinski definition) is 2. The number of aromatic nitrogens is 1. The quantitative estimate of drug-likeness (QED) is 0.761. The van der Waals surface area contributed by atoms with Crippen LogP contribution in [0.2, 0.25) is 5.02 Å². The summed E-state index contributed by atoms with van der Waals surface area (Å²) in [6.07, 6.45) is 0. The number of hydrogen-bond donors (Lipinski definition) is 0. The Morgan fingerprint density at radius 1 is 1.50 bits per heavy atom. The zero-order valence-electron chi connectivity index (χ0n) is 5.60. The van der Waals surface area contributed by atoms with Gasteiger partial charge in [-0.15, -0.1) is 0 Å². The average molecular weight is 258 g/mol. The molecule has 0 saturated carbocycles. The Kier molecular flexibility index (Phi) is 3.22. The van der Waals surface area contributed by atoms with Gasteiger partial charge < -0.3 is 4.74 Å². The molecule has 1 heterocycles. The lowest BCUT2D eigenvalue weighted by molar-refractivity contribution is -0.0529. The maximum absolute atomic E-state index is 11.6. The number of nitrogens with zero attached hydrogens (tertiary/aromatic N) is 1. The van der Waals surface area contributed by atoms with E-state index < -0.39 is 6.61 Å². The summed E-state index contributed by atoms with van der Waals surface area (Å²) in [4.78, 5) is 3.60. The second kappa shape index (κ2) is 4.00. The molecule has 1 aromatic heterocycles. The number of rotatable bonds is 2. The first-order valence-electron chi connectivity index (χ1n) is 2.86. The molecule has 0 unspecified atom stereocenters. The second-order valence-electron chi connectivity index (χ2n) is 1.80. The molecule has 0 saturated heterocycles. The minimum absolute atomic E-state index is 0.165. The molecule has 2 nitrogen and oxygen atoms in total. The largest absolute Gasteiger partial charge is 0.417 e. The van der Waals surface area contributed by atoms with Crippen LogP contribution in [-0.4, -0.2) is 11.6 Å². The molecule has 0 N–H and O–H groups in total. The monoisotopic (exact) mass is 257 g/mol. The van der Waals surface area contributed by atoms with Crippen LogP contribution in [0.15, 0.2) is 16.7 Å². The topological polar surface area (TPSA) is 22.1 Å². The van der Waals surface area contributed by atoms with Crippen LogP contribution in [0.25, 0.3) is 0 Å². The maximum Gasteiger partial charge on any atom is 0.388 e. The second-order valence-corrected chi connectivity index (χ2v) is 2.96. The normalized spacial score (nSPS) is 10.4. The van der Waals surface area contributed by atoms with Crippen molar-refractivity contribution in [3.05, 3.63) is 21.8 Å². The molecule has 6 heteroatoms. The summed E-state index contributed by atoms with van der Waals surface area (Å²) in [6, 6.07) is 2.68. The first-order valence-corrected chi connectivity index (χ1v) is 4.03. The third-order valence-corrected chi connectivity index (χ3v) is 2.13. The highest BCUT2D eigenvalue weighted by Gasteiger charge is 2.06. The summed E-state index contributed by atoms with van der Waals surface area (Å²) >= 11 is 8.53. The van der Waals surface area contributed by atoms with E-state index in [9.17, 15) is 8.78 Å². The van der Waals surface area contributed by atoms with Crippen LogP contribution in [0.4, 0.5) is 8.78 Å². The van der Waals surface area contributed by atoms with Crippen LogP contribution >= 0.6 is 27.5 Å². The van der Waals surface area contributed by atoms with Gasteiger partial charge in [-0.3, -0.25) is 0 Å². The fourth-order valence-electron chi connectivity index (χ4n) is 0.558. The Balaban J connectivity index is 2.82. The molecule has 1 aromatic rings. The van der Waals surface area contributed by atoms with Crippen LogP contribution in [0, 0.1) is 0 Å². The Morgan fingerprint density at radius 2 is 2.17 bits per heavy atom. The van der Waals surface area contributed by atoms with Gasteiger partial charge in [0.2, 0.25) is 5.88 Å². The van der Waals surface area contributed by atoms with Crippen molar-refractivity contribution < 1.29 is 13.5 Å². The Labute approximate surface area is 80.6 Å². The molecule has 12 heavy (non-hydrogen) atoms. The molecule has 0 fully saturated rings. The third-order valence-electron chi connectivity index (χ3n) is 0.987. The number of pyridine rings is 1. The van der Waals surface area contributed by atoms with Gasteiger partial charge in [-0.25, -0.2) is 4.98 Å². The zero-order chi connectivity index (χ0) is 9.14. The Hall–Kier alpha value is -0.420. The van der Waals surface area contributed by atoms with E-state index in [1.807, 2.05) is 0 Å². The van der Waals surface area contributed by atoms with Gasteiger partial charge in [-0.2, -0.15) is 8.78 Å². The highest BCUT2D eigenvalue weighted by molar-refractivity contribution is 9.10. The zero-order valence-corrected chi connectivity index (χ0v) is 7.94. The van der Waals surface area contributed by atoms with E-state index in [0.717, 1.165) is 0 Å². The van der Waals surface area contributed by atoms with Crippen LogP contribution in [0.1, 0.15) is 0 Å². The van der Waals surface area contributed by atoms with Crippen molar-refractivity contribution in [2.24, 2.45) is 0 Å². The van der Waals surface area contributed by atoms with E-state index in [1.165, 1.54) is 12.1 Å². The summed E-state index contributed by atoms with van der Waals surface area (Å²) in [6.45, 7) is -2.87. The molecule has 0 atom stereocenters. The van der Waals surface area contributed by atoms with Gasteiger partial charge in [0.15, 0.2) is 0 Å². The standard InChI is InChI=1S/C6H3BrClF2NO/c7-5-3(8)1-2-4(11-5)12-6(9)10/h1-2,6H. The van der Waals surface area contributed by atoms with Crippen LogP contribution in [0.3, 0.4) is 0 Å². The molecule has 0 aliphatic carbocycles. The molecule has 0 aromatic carbocycles. The molecule has 0 amide bonds. The molecular weight excluding hydrogens is 255 g/mol. The lowest BCUT2D eigenvalue weighted by atomic mass is 10.5. The molecule has 0 spiro atoms. The van der Waals surface area contributed by atoms with Crippen molar-refractivity contribution in [1.29, 1.82) is 0 Å². The molecule has 0 bridgehead atoms. The molecule has 1 rings (SSSR count). The smallest absolute Gasteiger partial charge is 0.388 e. The highest BCUT2D eigenvalue weighted by Crippen LogP contribution is 2.23. The van der Waals surface area contributed by atoms with Crippen LogP contribution in [-0.2, 0) is 0 Å². The van der Waals surface area contributed by atoms with Crippen LogP contribution in [0.5, 0.6) is 5.88 Å². The van der Waals surface area contributed by atoms with Crippen molar-refractivity contribution >= 4 is 27.5 Å². The van der Waals surface area contributed by atoms with Gasteiger partial charge in [0.1, 0.15) is 4.60 Å². The van der Waals surface area contributed by atoms with Gasteiger partial charge in [0, 0.05) is 6.07 Å². The van der Waals surface area contributed by atoms with E-state index in [1.54, 1.807) is 0 Å². The first kappa shape index (κ1) is 9.67. The minimum Gasteiger partial charge on any atom is -0.417 e. The SMILES string of the molecule is FC(F)Oc1ccc(Cl)c(Br)n1. The van der Waals surface area contributed by atoms with Crippen molar-refractivity contribution in [3.8, 4) is 5.88 Å².